The van der Waals surface area contributed by atoms with Gasteiger partial charge in [-0.25, -0.2) is 4.98 Å². The Morgan fingerprint density at radius 2 is 2.20 bits per heavy atom. The number of rotatable bonds is 2. The molecule has 0 aliphatic carbocycles. The predicted molar refractivity (Wildman–Crippen MR) is 60.9 cm³/mol. The highest BCUT2D eigenvalue weighted by molar-refractivity contribution is 5.62. The van der Waals surface area contributed by atoms with Gasteiger partial charge in [-0.1, -0.05) is 0 Å². The van der Waals surface area contributed by atoms with E-state index in [1.54, 1.807) is 6.20 Å². The van der Waals surface area contributed by atoms with E-state index in [1.165, 1.54) is 0 Å². The first-order chi connectivity index (χ1) is 7.29. The smallest absolute Gasteiger partial charge is 0.151 e. The fourth-order valence-corrected chi connectivity index (χ4v) is 1.95. The number of hydrogen-bond acceptors (Lipinski definition) is 4. The van der Waals surface area contributed by atoms with Crippen molar-refractivity contribution >= 4 is 11.5 Å². The molecule has 1 aromatic rings. The summed E-state index contributed by atoms with van der Waals surface area (Å²) < 4.78 is 5.34. The maximum Gasteiger partial charge on any atom is 0.151 e. The van der Waals surface area contributed by atoms with Crippen LogP contribution in [0.25, 0.3) is 0 Å². The van der Waals surface area contributed by atoms with Gasteiger partial charge in [-0.05, 0) is 25.0 Å². The average molecular weight is 207 g/mol. The molecule has 4 heteroatoms. The third-order valence-corrected chi connectivity index (χ3v) is 2.89. The van der Waals surface area contributed by atoms with Gasteiger partial charge in [-0.3, -0.25) is 0 Å². The van der Waals surface area contributed by atoms with E-state index < -0.39 is 0 Å². The number of nitrogens with zero attached hydrogens (tertiary/aromatic N) is 2. The van der Waals surface area contributed by atoms with Crippen molar-refractivity contribution in [1.82, 2.24) is 4.98 Å². The highest BCUT2D eigenvalue weighted by atomic mass is 16.5. The molecule has 82 valence electrons. The van der Waals surface area contributed by atoms with Gasteiger partial charge in [0, 0.05) is 32.5 Å². The Balaban J connectivity index is 2.12. The van der Waals surface area contributed by atoms with Crippen LogP contribution in [0.1, 0.15) is 12.8 Å². The summed E-state index contributed by atoms with van der Waals surface area (Å²) in [5, 5.41) is 0. The van der Waals surface area contributed by atoms with Crippen LogP contribution in [0.4, 0.5) is 11.5 Å². The SMILES string of the molecule is CN(c1ncccc1N)C1CCOCC1. The van der Waals surface area contributed by atoms with E-state index >= 15 is 0 Å². The molecular weight excluding hydrogens is 190 g/mol. The molecule has 0 spiro atoms. The zero-order chi connectivity index (χ0) is 10.7. The summed E-state index contributed by atoms with van der Waals surface area (Å²) in [5.74, 6) is 0.879. The summed E-state index contributed by atoms with van der Waals surface area (Å²) >= 11 is 0. The molecule has 0 aromatic carbocycles. The van der Waals surface area contributed by atoms with Crippen LogP contribution in [0.15, 0.2) is 18.3 Å². The van der Waals surface area contributed by atoms with Crippen LogP contribution in [0.5, 0.6) is 0 Å². The van der Waals surface area contributed by atoms with Crippen molar-refractivity contribution in [2.45, 2.75) is 18.9 Å². The number of nitrogen functional groups attached to an aromatic ring is 1. The van der Waals surface area contributed by atoms with Gasteiger partial charge in [0.1, 0.15) is 0 Å². The van der Waals surface area contributed by atoms with Crippen molar-refractivity contribution in [3.63, 3.8) is 0 Å². The number of anilines is 2. The molecule has 2 N–H and O–H groups in total. The molecule has 15 heavy (non-hydrogen) atoms. The lowest BCUT2D eigenvalue weighted by molar-refractivity contribution is 0.0854. The summed E-state index contributed by atoms with van der Waals surface area (Å²) in [6, 6.07) is 4.24. The van der Waals surface area contributed by atoms with E-state index in [1.807, 2.05) is 12.1 Å². The standard InChI is InChI=1S/C11H17N3O/c1-14(9-4-7-15-8-5-9)11-10(12)3-2-6-13-11/h2-3,6,9H,4-5,7-8,12H2,1H3. The van der Waals surface area contributed by atoms with Crippen LogP contribution in [0.3, 0.4) is 0 Å². The molecule has 1 aliphatic rings. The minimum Gasteiger partial charge on any atom is -0.396 e. The van der Waals surface area contributed by atoms with Gasteiger partial charge in [0.15, 0.2) is 5.82 Å². The molecule has 0 saturated carbocycles. The zero-order valence-electron chi connectivity index (χ0n) is 9.02. The molecule has 1 saturated heterocycles. The van der Waals surface area contributed by atoms with Crippen LogP contribution in [-0.2, 0) is 4.74 Å². The van der Waals surface area contributed by atoms with Crippen LogP contribution in [0.2, 0.25) is 0 Å². The number of ether oxygens (including phenoxy) is 1. The van der Waals surface area contributed by atoms with Crippen molar-refractivity contribution in [3.05, 3.63) is 18.3 Å². The second-order valence-corrected chi connectivity index (χ2v) is 3.87. The largest absolute Gasteiger partial charge is 0.396 e. The summed E-state index contributed by atoms with van der Waals surface area (Å²) in [5.41, 5.74) is 6.63. The van der Waals surface area contributed by atoms with Crippen molar-refractivity contribution in [1.29, 1.82) is 0 Å². The normalized spacial score (nSPS) is 17.7. The number of nitrogens with two attached hydrogens (primary N) is 1. The molecule has 2 heterocycles. The molecule has 4 nitrogen and oxygen atoms in total. The summed E-state index contributed by atoms with van der Waals surface area (Å²) in [6.07, 6.45) is 3.88. The van der Waals surface area contributed by atoms with Gasteiger partial charge >= 0.3 is 0 Å². The second-order valence-electron chi connectivity index (χ2n) is 3.87. The van der Waals surface area contributed by atoms with Crippen LogP contribution < -0.4 is 10.6 Å². The topological polar surface area (TPSA) is 51.4 Å². The average Bonchev–Trinajstić information content (AvgIpc) is 2.30. The first-order valence-corrected chi connectivity index (χ1v) is 5.30. The molecule has 2 rings (SSSR count). The molecule has 0 radical (unpaired) electrons. The third-order valence-electron chi connectivity index (χ3n) is 2.89. The first-order valence-electron chi connectivity index (χ1n) is 5.30. The highest BCUT2D eigenvalue weighted by Crippen LogP contribution is 2.23. The molecule has 0 amide bonds. The Morgan fingerprint density at radius 3 is 2.87 bits per heavy atom. The van der Waals surface area contributed by atoms with Crippen molar-refractivity contribution in [3.8, 4) is 0 Å². The van der Waals surface area contributed by atoms with Crippen LogP contribution in [0, 0.1) is 0 Å². The number of pyridine rings is 1. The van der Waals surface area contributed by atoms with Crippen molar-refractivity contribution in [2.24, 2.45) is 0 Å². The summed E-state index contributed by atoms with van der Waals surface area (Å²) in [6.45, 7) is 1.67. The van der Waals surface area contributed by atoms with E-state index in [0.29, 0.717) is 6.04 Å². The van der Waals surface area contributed by atoms with E-state index in [4.69, 9.17) is 10.5 Å². The zero-order valence-corrected chi connectivity index (χ0v) is 9.02. The lowest BCUT2D eigenvalue weighted by Crippen LogP contribution is -2.37. The van der Waals surface area contributed by atoms with Gasteiger partial charge in [0.05, 0.1) is 5.69 Å². The van der Waals surface area contributed by atoms with Gasteiger partial charge in [-0.15, -0.1) is 0 Å². The highest BCUT2D eigenvalue weighted by Gasteiger charge is 2.20. The van der Waals surface area contributed by atoms with Crippen LogP contribution in [-0.4, -0.2) is 31.3 Å². The fraction of sp³-hybridized carbons (Fsp3) is 0.545. The van der Waals surface area contributed by atoms with Gasteiger partial charge in [-0.2, -0.15) is 0 Å². The van der Waals surface area contributed by atoms with Crippen molar-refractivity contribution in [2.75, 3.05) is 30.9 Å². The maximum atomic E-state index is 5.89. The molecule has 1 aliphatic heterocycles. The second kappa shape index (κ2) is 4.49. The molecular formula is C11H17N3O. The molecule has 0 bridgehead atoms. The molecule has 1 aromatic heterocycles. The lowest BCUT2D eigenvalue weighted by atomic mass is 10.1. The van der Waals surface area contributed by atoms with E-state index in [-0.39, 0.29) is 0 Å². The Morgan fingerprint density at radius 1 is 1.47 bits per heavy atom. The van der Waals surface area contributed by atoms with E-state index in [0.717, 1.165) is 37.6 Å². The summed E-state index contributed by atoms with van der Waals surface area (Å²) in [7, 11) is 2.05. The molecule has 0 atom stereocenters. The Bertz CT molecular complexity index is 323. The maximum absolute atomic E-state index is 5.89. The quantitative estimate of drug-likeness (QED) is 0.793. The minimum atomic E-state index is 0.496. The van der Waals surface area contributed by atoms with Gasteiger partial charge in [0.2, 0.25) is 0 Å². The first kappa shape index (κ1) is 10.2. The fourth-order valence-electron chi connectivity index (χ4n) is 1.95. The van der Waals surface area contributed by atoms with Gasteiger partial charge in [0.25, 0.3) is 0 Å². The van der Waals surface area contributed by atoms with Gasteiger partial charge < -0.3 is 15.4 Å². The number of hydrogen-bond donors (Lipinski definition) is 1. The monoisotopic (exact) mass is 207 g/mol. The number of aromatic nitrogens is 1. The molecule has 1 fully saturated rings. The van der Waals surface area contributed by atoms with Crippen LogP contribution >= 0.6 is 0 Å². The summed E-state index contributed by atoms with van der Waals surface area (Å²) in [4.78, 5) is 6.48. The molecule has 0 unspecified atom stereocenters. The van der Waals surface area contributed by atoms with E-state index in [9.17, 15) is 0 Å². The Kier molecular flexibility index (Phi) is 3.06. The third kappa shape index (κ3) is 2.21. The lowest BCUT2D eigenvalue weighted by Gasteiger charge is -2.32. The Hall–Kier alpha value is -1.29. The van der Waals surface area contributed by atoms with E-state index in [2.05, 4.69) is 16.9 Å². The predicted octanol–water partition coefficient (Wildman–Crippen LogP) is 1.28. The Labute approximate surface area is 90.0 Å². The minimum absolute atomic E-state index is 0.496. The van der Waals surface area contributed by atoms with Crippen molar-refractivity contribution < 1.29 is 4.74 Å².